The minimum atomic E-state index is 0.469. The zero-order valence-electron chi connectivity index (χ0n) is 9.05. The maximum Gasteiger partial charge on any atom is 0.0164 e. The standard InChI is InChI=1S/C11H24N2/c1-9(8-12)13-10(2)11-6-4-3-5-7-11/h9-11,13H,3-8,12H2,1-2H3/t9?,10-/m0/s1. The quantitative estimate of drug-likeness (QED) is 0.700. The normalized spacial score (nSPS) is 24.2. The van der Waals surface area contributed by atoms with Crippen molar-refractivity contribution in [3.63, 3.8) is 0 Å². The third-order valence-corrected chi connectivity index (χ3v) is 3.26. The van der Waals surface area contributed by atoms with E-state index in [4.69, 9.17) is 5.73 Å². The molecule has 0 aromatic carbocycles. The van der Waals surface area contributed by atoms with Crippen LogP contribution < -0.4 is 11.1 Å². The molecule has 2 heteroatoms. The number of nitrogens with two attached hydrogens (primary N) is 1. The Labute approximate surface area is 82.3 Å². The van der Waals surface area contributed by atoms with E-state index in [9.17, 15) is 0 Å². The van der Waals surface area contributed by atoms with E-state index in [0.29, 0.717) is 12.1 Å². The summed E-state index contributed by atoms with van der Waals surface area (Å²) in [5.41, 5.74) is 5.59. The molecule has 1 fully saturated rings. The van der Waals surface area contributed by atoms with Crippen LogP contribution in [0.1, 0.15) is 46.0 Å². The molecule has 1 aliphatic rings. The van der Waals surface area contributed by atoms with Gasteiger partial charge in [-0.25, -0.2) is 0 Å². The van der Waals surface area contributed by atoms with Crippen molar-refractivity contribution in [2.45, 2.75) is 58.0 Å². The fourth-order valence-corrected chi connectivity index (χ4v) is 2.29. The van der Waals surface area contributed by atoms with Crippen molar-refractivity contribution in [3.8, 4) is 0 Å². The number of hydrogen-bond donors (Lipinski definition) is 2. The molecule has 1 aliphatic carbocycles. The van der Waals surface area contributed by atoms with Gasteiger partial charge >= 0.3 is 0 Å². The molecule has 13 heavy (non-hydrogen) atoms. The van der Waals surface area contributed by atoms with E-state index in [1.54, 1.807) is 0 Å². The van der Waals surface area contributed by atoms with Crippen LogP contribution in [0.2, 0.25) is 0 Å². The third kappa shape index (κ3) is 3.65. The van der Waals surface area contributed by atoms with Gasteiger partial charge in [-0.05, 0) is 32.6 Å². The summed E-state index contributed by atoms with van der Waals surface area (Å²) in [6, 6.07) is 1.12. The van der Waals surface area contributed by atoms with Crippen molar-refractivity contribution in [2.75, 3.05) is 6.54 Å². The molecule has 0 saturated heterocycles. The Hall–Kier alpha value is -0.0800. The highest BCUT2D eigenvalue weighted by atomic mass is 15.0. The molecule has 0 aliphatic heterocycles. The lowest BCUT2D eigenvalue weighted by atomic mass is 9.84. The van der Waals surface area contributed by atoms with E-state index in [0.717, 1.165) is 12.5 Å². The Kier molecular flexibility index (Phi) is 4.74. The van der Waals surface area contributed by atoms with Gasteiger partial charge in [-0.15, -0.1) is 0 Å². The molecule has 0 radical (unpaired) electrons. The highest BCUT2D eigenvalue weighted by Gasteiger charge is 2.20. The molecule has 3 N–H and O–H groups in total. The first-order valence-corrected chi connectivity index (χ1v) is 5.70. The lowest BCUT2D eigenvalue weighted by Crippen LogP contribution is -2.43. The smallest absolute Gasteiger partial charge is 0.0164 e. The number of rotatable bonds is 4. The highest BCUT2D eigenvalue weighted by molar-refractivity contribution is 4.78. The van der Waals surface area contributed by atoms with Crippen molar-refractivity contribution >= 4 is 0 Å². The molecule has 0 bridgehead atoms. The summed E-state index contributed by atoms with van der Waals surface area (Å²) < 4.78 is 0. The van der Waals surface area contributed by atoms with Gasteiger partial charge in [0.05, 0.1) is 0 Å². The average molecular weight is 184 g/mol. The number of nitrogens with one attached hydrogen (secondary N) is 1. The number of hydrogen-bond acceptors (Lipinski definition) is 2. The molecule has 0 aromatic heterocycles. The fourth-order valence-electron chi connectivity index (χ4n) is 2.29. The molecule has 0 spiro atoms. The van der Waals surface area contributed by atoms with Crippen LogP contribution in [-0.2, 0) is 0 Å². The van der Waals surface area contributed by atoms with Crippen LogP contribution in [-0.4, -0.2) is 18.6 Å². The van der Waals surface area contributed by atoms with Crippen LogP contribution in [0.25, 0.3) is 0 Å². The minimum Gasteiger partial charge on any atom is -0.329 e. The van der Waals surface area contributed by atoms with Gasteiger partial charge in [-0.2, -0.15) is 0 Å². The van der Waals surface area contributed by atoms with Crippen LogP contribution in [0.5, 0.6) is 0 Å². The monoisotopic (exact) mass is 184 g/mol. The molecule has 0 heterocycles. The summed E-state index contributed by atoms with van der Waals surface area (Å²) in [4.78, 5) is 0. The minimum absolute atomic E-state index is 0.469. The molecule has 1 saturated carbocycles. The van der Waals surface area contributed by atoms with Crippen LogP contribution >= 0.6 is 0 Å². The summed E-state index contributed by atoms with van der Waals surface area (Å²) >= 11 is 0. The topological polar surface area (TPSA) is 38.0 Å². The Balaban J connectivity index is 2.24. The molecule has 2 nitrogen and oxygen atoms in total. The largest absolute Gasteiger partial charge is 0.329 e. The lowest BCUT2D eigenvalue weighted by molar-refractivity contribution is 0.268. The van der Waals surface area contributed by atoms with E-state index in [1.165, 1.54) is 32.1 Å². The van der Waals surface area contributed by atoms with E-state index in [-0.39, 0.29) is 0 Å². The van der Waals surface area contributed by atoms with Gasteiger partial charge in [-0.3, -0.25) is 0 Å². The SMILES string of the molecule is CC(CN)N[C@@H](C)C1CCCCC1. The van der Waals surface area contributed by atoms with E-state index in [1.807, 2.05) is 0 Å². The van der Waals surface area contributed by atoms with Crippen LogP contribution in [0.4, 0.5) is 0 Å². The molecule has 2 atom stereocenters. The predicted molar refractivity (Wildman–Crippen MR) is 57.7 cm³/mol. The third-order valence-electron chi connectivity index (χ3n) is 3.26. The summed E-state index contributed by atoms with van der Waals surface area (Å²) in [5.74, 6) is 0.891. The van der Waals surface area contributed by atoms with Gasteiger partial charge in [0, 0.05) is 18.6 Å². The Morgan fingerprint density at radius 1 is 1.23 bits per heavy atom. The van der Waals surface area contributed by atoms with Crippen molar-refractivity contribution in [3.05, 3.63) is 0 Å². The Morgan fingerprint density at radius 3 is 2.38 bits per heavy atom. The van der Waals surface area contributed by atoms with E-state index < -0.39 is 0 Å². The zero-order valence-corrected chi connectivity index (χ0v) is 9.05. The first kappa shape index (κ1) is 11.0. The maximum atomic E-state index is 5.59. The van der Waals surface area contributed by atoms with Crippen LogP contribution in [0, 0.1) is 5.92 Å². The summed E-state index contributed by atoms with van der Waals surface area (Å²) in [5, 5.41) is 3.57. The second kappa shape index (κ2) is 5.61. The molecule has 0 aromatic rings. The van der Waals surface area contributed by atoms with Crippen LogP contribution in [0.15, 0.2) is 0 Å². The predicted octanol–water partition coefficient (Wildman–Crippen LogP) is 1.89. The Morgan fingerprint density at radius 2 is 1.85 bits per heavy atom. The van der Waals surface area contributed by atoms with Gasteiger partial charge in [0.25, 0.3) is 0 Å². The second-order valence-electron chi connectivity index (χ2n) is 4.49. The van der Waals surface area contributed by atoms with Gasteiger partial charge < -0.3 is 11.1 Å². The first-order chi connectivity index (χ1) is 6.24. The molecule has 1 rings (SSSR count). The van der Waals surface area contributed by atoms with Crippen LogP contribution in [0.3, 0.4) is 0 Å². The summed E-state index contributed by atoms with van der Waals surface area (Å²) in [6.45, 7) is 5.22. The van der Waals surface area contributed by atoms with Crippen molar-refractivity contribution in [2.24, 2.45) is 11.7 Å². The molecule has 0 amide bonds. The second-order valence-corrected chi connectivity index (χ2v) is 4.49. The molecular weight excluding hydrogens is 160 g/mol. The van der Waals surface area contributed by atoms with E-state index in [2.05, 4.69) is 19.2 Å². The highest BCUT2D eigenvalue weighted by Crippen LogP contribution is 2.26. The van der Waals surface area contributed by atoms with Gasteiger partial charge in [0.1, 0.15) is 0 Å². The lowest BCUT2D eigenvalue weighted by Gasteiger charge is -2.30. The molecule has 78 valence electrons. The first-order valence-electron chi connectivity index (χ1n) is 5.70. The van der Waals surface area contributed by atoms with Gasteiger partial charge in [-0.1, -0.05) is 19.3 Å². The van der Waals surface area contributed by atoms with Gasteiger partial charge in [0.15, 0.2) is 0 Å². The summed E-state index contributed by atoms with van der Waals surface area (Å²) in [7, 11) is 0. The van der Waals surface area contributed by atoms with Gasteiger partial charge in [0.2, 0.25) is 0 Å². The van der Waals surface area contributed by atoms with Crippen molar-refractivity contribution in [1.29, 1.82) is 0 Å². The molecular formula is C11H24N2. The molecule has 1 unspecified atom stereocenters. The fraction of sp³-hybridized carbons (Fsp3) is 1.00. The van der Waals surface area contributed by atoms with E-state index >= 15 is 0 Å². The average Bonchev–Trinajstić information content (AvgIpc) is 2.19. The zero-order chi connectivity index (χ0) is 9.68. The summed E-state index contributed by atoms with van der Waals surface area (Å²) in [6.07, 6.45) is 7.11. The van der Waals surface area contributed by atoms with Crippen molar-refractivity contribution < 1.29 is 0 Å². The maximum absolute atomic E-state index is 5.59. The Bertz CT molecular complexity index is 130. The van der Waals surface area contributed by atoms with Crippen molar-refractivity contribution in [1.82, 2.24) is 5.32 Å².